The highest BCUT2D eigenvalue weighted by Crippen LogP contribution is 2.20. The summed E-state index contributed by atoms with van der Waals surface area (Å²) in [4.78, 5) is 16.9. The number of benzene rings is 2. The summed E-state index contributed by atoms with van der Waals surface area (Å²) in [7, 11) is 2.19. The normalized spacial score (nSPS) is 14.3. The molecule has 1 fully saturated rings. The molecule has 1 aliphatic heterocycles. The molecule has 3 rings (SSSR count). The van der Waals surface area contributed by atoms with Gasteiger partial charge in [-0.2, -0.15) is 0 Å². The molecule has 1 saturated heterocycles. The number of nitrogens with zero attached hydrogens (tertiary/aromatic N) is 2. The zero-order chi connectivity index (χ0) is 18.4. The number of carbonyl (C=O) groups is 1. The van der Waals surface area contributed by atoms with Crippen LogP contribution in [0.5, 0.6) is 0 Å². The fourth-order valence-corrected chi connectivity index (χ4v) is 3.69. The van der Waals surface area contributed by atoms with Crippen molar-refractivity contribution < 1.29 is 4.79 Å². The van der Waals surface area contributed by atoms with Gasteiger partial charge < -0.3 is 15.5 Å². The Morgan fingerprint density at radius 2 is 1.61 bits per heavy atom. The summed E-state index contributed by atoms with van der Waals surface area (Å²) in [5.74, 6) is 0.898. The molecular weight excluding hydrogens is 393 g/mol. The van der Waals surface area contributed by atoms with Crippen LogP contribution in [-0.2, 0) is 17.8 Å². The van der Waals surface area contributed by atoms with Gasteiger partial charge in [-0.3, -0.25) is 4.79 Å². The molecule has 0 radical (unpaired) electrons. The molecule has 2 aromatic rings. The van der Waals surface area contributed by atoms with Gasteiger partial charge in [0, 0.05) is 31.9 Å². The van der Waals surface area contributed by atoms with Gasteiger partial charge in [0.05, 0.1) is 6.42 Å². The molecule has 4 nitrogen and oxygen atoms in total. The minimum atomic E-state index is 0. The predicted octanol–water partition coefficient (Wildman–Crippen LogP) is 4.03. The van der Waals surface area contributed by atoms with Crippen molar-refractivity contribution in [2.45, 2.75) is 25.8 Å². The third-order valence-electron chi connectivity index (χ3n) is 5.17. The van der Waals surface area contributed by atoms with Crippen molar-refractivity contribution in [3.8, 4) is 0 Å². The number of piperidine rings is 1. The van der Waals surface area contributed by atoms with E-state index in [0.717, 1.165) is 50.3 Å². The van der Waals surface area contributed by atoms with Crippen molar-refractivity contribution in [3.63, 3.8) is 0 Å². The number of amides is 1. The van der Waals surface area contributed by atoms with Gasteiger partial charge in [0.25, 0.3) is 0 Å². The molecule has 1 heterocycles. The summed E-state index contributed by atoms with van der Waals surface area (Å²) in [6.45, 7) is 3.82. The lowest BCUT2D eigenvalue weighted by Gasteiger charge is -2.34. The van der Waals surface area contributed by atoms with Crippen LogP contribution in [0, 0.1) is 5.92 Å². The van der Waals surface area contributed by atoms with Crippen LogP contribution in [0.4, 0.5) is 5.69 Å². The van der Waals surface area contributed by atoms with Crippen LogP contribution in [0.2, 0.25) is 0 Å². The molecule has 28 heavy (non-hydrogen) atoms. The molecule has 154 valence electrons. The van der Waals surface area contributed by atoms with Crippen LogP contribution in [0.15, 0.2) is 54.6 Å². The molecule has 0 aromatic heterocycles. The molecule has 2 N–H and O–H groups in total. The Morgan fingerprint density at radius 3 is 2.21 bits per heavy atom. The van der Waals surface area contributed by atoms with Gasteiger partial charge in [0.1, 0.15) is 0 Å². The largest absolute Gasteiger partial charge is 0.399 e. The Bertz CT molecular complexity index is 701. The Balaban J connectivity index is 0.00000196. The number of hydrogen-bond acceptors (Lipinski definition) is 3. The van der Waals surface area contributed by atoms with Crippen molar-refractivity contribution in [1.82, 2.24) is 9.80 Å². The standard InChI is InChI=1S/C22H29N3O.2ClH/c1-24(16-19-5-3-2-4-6-19)17-20-11-13-25(14-12-20)22(26)15-18-7-9-21(23)10-8-18;;/h2-10,20H,11-17,23H2,1H3;2*1H. The Kier molecular flexibility index (Phi) is 10.4. The minimum Gasteiger partial charge on any atom is -0.399 e. The van der Waals surface area contributed by atoms with Gasteiger partial charge >= 0.3 is 0 Å². The Morgan fingerprint density at radius 1 is 1.00 bits per heavy atom. The molecule has 0 atom stereocenters. The van der Waals surface area contributed by atoms with E-state index in [0.29, 0.717) is 12.3 Å². The molecule has 1 amide bonds. The maximum Gasteiger partial charge on any atom is 0.226 e. The zero-order valence-electron chi connectivity index (χ0n) is 16.4. The van der Waals surface area contributed by atoms with Gasteiger partial charge in [-0.15, -0.1) is 24.8 Å². The monoisotopic (exact) mass is 423 g/mol. The van der Waals surface area contributed by atoms with Crippen molar-refractivity contribution in [2.24, 2.45) is 5.92 Å². The molecule has 6 heteroatoms. The molecule has 2 aromatic carbocycles. The summed E-state index contributed by atoms with van der Waals surface area (Å²) >= 11 is 0. The van der Waals surface area contributed by atoms with E-state index in [4.69, 9.17) is 5.73 Å². The molecule has 0 saturated carbocycles. The SMILES string of the molecule is CN(Cc1ccccc1)CC1CCN(C(=O)Cc2ccc(N)cc2)CC1.Cl.Cl. The second kappa shape index (κ2) is 11.9. The lowest BCUT2D eigenvalue weighted by atomic mass is 9.95. The van der Waals surface area contributed by atoms with Crippen molar-refractivity contribution >= 4 is 36.4 Å². The zero-order valence-corrected chi connectivity index (χ0v) is 18.1. The summed E-state index contributed by atoms with van der Waals surface area (Å²) in [6, 6.07) is 18.2. The predicted molar refractivity (Wildman–Crippen MR) is 121 cm³/mol. The maximum atomic E-state index is 12.5. The number of carbonyl (C=O) groups excluding carboxylic acids is 1. The lowest BCUT2D eigenvalue weighted by Crippen LogP contribution is -2.41. The highest BCUT2D eigenvalue weighted by molar-refractivity contribution is 5.85. The van der Waals surface area contributed by atoms with Gasteiger partial charge in [-0.05, 0) is 49.1 Å². The first-order valence-electron chi connectivity index (χ1n) is 9.45. The number of hydrogen-bond donors (Lipinski definition) is 1. The van der Waals surface area contributed by atoms with E-state index in [2.05, 4.69) is 42.3 Å². The molecule has 0 aliphatic carbocycles. The lowest BCUT2D eigenvalue weighted by molar-refractivity contribution is -0.131. The topological polar surface area (TPSA) is 49.6 Å². The van der Waals surface area contributed by atoms with Crippen molar-refractivity contribution in [2.75, 3.05) is 32.4 Å². The molecular formula is C22H31Cl2N3O. The first-order valence-corrected chi connectivity index (χ1v) is 9.45. The highest BCUT2D eigenvalue weighted by atomic mass is 35.5. The van der Waals surface area contributed by atoms with Crippen LogP contribution in [0.3, 0.4) is 0 Å². The van der Waals surface area contributed by atoms with E-state index >= 15 is 0 Å². The number of halogens is 2. The number of nitrogens with two attached hydrogens (primary N) is 1. The van der Waals surface area contributed by atoms with E-state index in [1.54, 1.807) is 0 Å². The third kappa shape index (κ3) is 7.34. The average molecular weight is 424 g/mol. The van der Waals surface area contributed by atoms with E-state index in [1.165, 1.54) is 5.56 Å². The van der Waals surface area contributed by atoms with Crippen LogP contribution in [0.25, 0.3) is 0 Å². The Hall–Kier alpha value is -1.75. The number of anilines is 1. The van der Waals surface area contributed by atoms with Gasteiger partial charge in [0.15, 0.2) is 0 Å². The van der Waals surface area contributed by atoms with E-state index < -0.39 is 0 Å². The molecule has 0 bridgehead atoms. The van der Waals surface area contributed by atoms with Gasteiger partial charge in [0.2, 0.25) is 5.91 Å². The van der Waals surface area contributed by atoms with Crippen LogP contribution in [0.1, 0.15) is 24.0 Å². The fraction of sp³-hybridized carbons (Fsp3) is 0.409. The summed E-state index contributed by atoms with van der Waals surface area (Å²) in [6.07, 6.45) is 2.65. The molecule has 1 aliphatic rings. The van der Waals surface area contributed by atoms with Crippen molar-refractivity contribution in [3.05, 3.63) is 65.7 Å². The summed E-state index contributed by atoms with van der Waals surface area (Å²) in [5, 5.41) is 0. The second-order valence-corrected chi connectivity index (χ2v) is 7.42. The minimum absolute atomic E-state index is 0. The van der Waals surface area contributed by atoms with Crippen LogP contribution < -0.4 is 5.73 Å². The average Bonchev–Trinajstić information content (AvgIpc) is 2.65. The van der Waals surface area contributed by atoms with Crippen LogP contribution in [-0.4, -0.2) is 42.4 Å². The van der Waals surface area contributed by atoms with Gasteiger partial charge in [-0.1, -0.05) is 42.5 Å². The highest BCUT2D eigenvalue weighted by Gasteiger charge is 2.23. The first kappa shape index (κ1) is 24.3. The van der Waals surface area contributed by atoms with Crippen molar-refractivity contribution in [1.29, 1.82) is 0 Å². The van der Waals surface area contributed by atoms with E-state index in [-0.39, 0.29) is 30.7 Å². The maximum absolute atomic E-state index is 12.5. The molecule has 0 unspecified atom stereocenters. The third-order valence-corrected chi connectivity index (χ3v) is 5.17. The fourth-order valence-electron chi connectivity index (χ4n) is 3.69. The smallest absolute Gasteiger partial charge is 0.226 e. The first-order chi connectivity index (χ1) is 12.6. The Labute approximate surface area is 180 Å². The quantitative estimate of drug-likeness (QED) is 0.713. The second-order valence-electron chi connectivity index (χ2n) is 7.42. The number of rotatable bonds is 6. The van der Waals surface area contributed by atoms with Crippen LogP contribution >= 0.6 is 24.8 Å². The van der Waals surface area contributed by atoms with E-state index in [9.17, 15) is 4.79 Å². The summed E-state index contributed by atoms with van der Waals surface area (Å²) < 4.78 is 0. The molecule has 0 spiro atoms. The number of nitrogen functional groups attached to an aromatic ring is 1. The number of likely N-dealkylation sites (tertiary alicyclic amines) is 1. The van der Waals surface area contributed by atoms with E-state index in [1.807, 2.05) is 29.2 Å². The summed E-state index contributed by atoms with van der Waals surface area (Å²) in [5.41, 5.74) is 8.83. The van der Waals surface area contributed by atoms with Gasteiger partial charge in [-0.25, -0.2) is 0 Å².